The normalized spacial score (nSPS) is 18.7. The quantitative estimate of drug-likeness (QED) is 0.886. The Kier molecular flexibility index (Phi) is 4.44. The average molecular weight is 269 g/mol. The van der Waals surface area contributed by atoms with Gasteiger partial charge < -0.3 is 15.4 Å². The molecule has 1 aliphatic rings. The van der Waals surface area contributed by atoms with Crippen LogP contribution in [0.15, 0.2) is 18.2 Å². The van der Waals surface area contributed by atoms with Crippen LogP contribution in [0.5, 0.6) is 0 Å². The predicted molar refractivity (Wildman–Crippen MR) is 72.1 cm³/mol. The highest BCUT2D eigenvalue weighted by atomic mass is 35.5. The summed E-state index contributed by atoms with van der Waals surface area (Å²) >= 11 is 5.99. The first-order valence-electron chi connectivity index (χ1n) is 6.04. The van der Waals surface area contributed by atoms with Gasteiger partial charge in [-0.2, -0.15) is 0 Å². The zero-order chi connectivity index (χ0) is 13.0. The van der Waals surface area contributed by atoms with Crippen LogP contribution in [-0.4, -0.2) is 25.8 Å². The first kappa shape index (κ1) is 13.2. The fraction of sp³-hybridized carbons (Fsp3) is 0.462. The fourth-order valence-corrected chi connectivity index (χ4v) is 2.07. The first-order chi connectivity index (χ1) is 8.66. The van der Waals surface area contributed by atoms with Crippen molar-refractivity contribution in [2.45, 2.75) is 13.3 Å². The number of carbonyl (C=O) groups is 1. The number of urea groups is 1. The number of anilines is 1. The van der Waals surface area contributed by atoms with Crippen molar-refractivity contribution >= 4 is 23.3 Å². The van der Waals surface area contributed by atoms with E-state index in [1.165, 1.54) is 0 Å². The third-order valence-electron chi connectivity index (χ3n) is 3.09. The molecule has 1 aromatic carbocycles. The molecule has 5 heteroatoms. The molecule has 1 fully saturated rings. The Hall–Kier alpha value is -1.26. The second kappa shape index (κ2) is 6.07. The highest BCUT2D eigenvalue weighted by molar-refractivity contribution is 6.31. The zero-order valence-corrected chi connectivity index (χ0v) is 11.1. The molecule has 1 heterocycles. The Morgan fingerprint density at radius 1 is 1.56 bits per heavy atom. The van der Waals surface area contributed by atoms with Gasteiger partial charge in [0.25, 0.3) is 0 Å². The summed E-state index contributed by atoms with van der Waals surface area (Å²) in [5, 5.41) is 6.30. The number of ether oxygens (including phenoxy) is 1. The van der Waals surface area contributed by atoms with E-state index in [2.05, 4.69) is 10.6 Å². The standard InChI is InChI=1S/C13H17ClN2O2/c1-9-11(14)3-2-4-12(9)16-13(17)15-7-10-5-6-18-8-10/h2-4,10H,5-8H2,1H3,(H2,15,16,17)/t10-/m0/s1. The number of benzene rings is 1. The monoisotopic (exact) mass is 268 g/mol. The largest absolute Gasteiger partial charge is 0.381 e. The van der Waals surface area contributed by atoms with Gasteiger partial charge in [-0.25, -0.2) is 4.79 Å². The van der Waals surface area contributed by atoms with Crippen molar-refractivity contribution in [1.29, 1.82) is 0 Å². The lowest BCUT2D eigenvalue weighted by atomic mass is 10.1. The van der Waals surface area contributed by atoms with Crippen molar-refractivity contribution < 1.29 is 9.53 Å². The van der Waals surface area contributed by atoms with Crippen LogP contribution in [0.3, 0.4) is 0 Å². The maximum atomic E-state index is 11.7. The van der Waals surface area contributed by atoms with Gasteiger partial charge in [0.2, 0.25) is 0 Å². The van der Waals surface area contributed by atoms with Gasteiger partial charge in [-0.3, -0.25) is 0 Å². The minimum atomic E-state index is -0.202. The van der Waals surface area contributed by atoms with E-state index in [1.807, 2.05) is 19.1 Å². The number of hydrogen-bond donors (Lipinski definition) is 2. The SMILES string of the molecule is Cc1c(Cl)cccc1NC(=O)NC[C@@H]1CCOC1. The van der Waals surface area contributed by atoms with Gasteiger partial charge in [0.05, 0.1) is 6.61 Å². The minimum absolute atomic E-state index is 0.202. The van der Waals surface area contributed by atoms with Crippen LogP contribution in [0.25, 0.3) is 0 Å². The Morgan fingerprint density at radius 2 is 2.39 bits per heavy atom. The molecule has 2 N–H and O–H groups in total. The van der Waals surface area contributed by atoms with Gasteiger partial charge in [0, 0.05) is 29.8 Å². The Bertz CT molecular complexity index is 431. The van der Waals surface area contributed by atoms with Gasteiger partial charge in [-0.05, 0) is 31.0 Å². The first-order valence-corrected chi connectivity index (χ1v) is 6.42. The summed E-state index contributed by atoms with van der Waals surface area (Å²) in [6.07, 6.45) is 1.01. The number of rotatable bonds is 3. The predicted octanol–water partition coefficient (Wildman–Crippen LogP) is 2.81. The van der Waals surface area contributed by atoms with Gasteiger partial charge >= 0.3 is 6.03 Å². The van der Waals surface area contributed by atoms with Gasteiger partial charge in [0.15, 0.2) is 0 Å². The molecule has 1 aliphatic heterocycles. The van der Waals surface area contributed by atoms with E-state index in [9.17, 15) is 4.79 Å². The molecule has 0 bridgehead atoms. The van der Waals surface area contributed by atoms with Crippen LogP contribution in [0.4, 0.5) is 10.5 Å². The third-order valence-corrected chi connectivity index (χ3v) is 3.50. The summed E-state index contributed by atoms with van der Waals surface area (Å²) in [5.41, 5.74) is 1.61. The summed E-state index contributed by atoms with van der Waals surface area (Å²) in [5.74, 6) is 0.427. The molecule has 2 amide bonds. The Balaban J connectivity index is 1.84. The lowest BCUT2D eigenvalue weighted by molar-refractivity contribution is 0.185. The van der Waals surface area contributed by atoms with Crippen LogP contribution in [0.1, 0.15) is 12.0 Å². The number of hydrogen-bond acceptors (Lipinski definition) is 2. The molecule has 0 aliphatic carbocycles. The van der Waals surface area contributed by atoms with Crippen LogP contribution in [-0.2, 0) is 4.74 Å². The van der Waals surface area contributed by atoms with Crippen molar-refractivity contribution in [2.24, 2.45) is 5.92 Å². The molecule has 2 rings (SSSR count). The summed E-state index contributed by atoms with van der Waals surface area (Å²) < 4.78 is 5.25. The molecule has 0 spiro atoms. The molecule has 18 heavy (non-hydrogen) atoms. The number of carbonyl (C=O) groups excluding carboxylic acids is 1. The summed E-state index contributed by atoms with van der Waals surface area (Å²) in [6, 6.07) is 5.25. The molecule has 1 aromatic rings. The average Bonchev–Trinajstić information content (AvgIpc) is 2.86. The zero-order valence-electron chi connectivity index (χ0n) is 10.3. The van der Waals surface area contributed by atoms with Crippen molar-refractivity contribution in [3.63, 3.8) is 0 Å². The smallest absolute Gasteiger partial charge is 0.319 e. The topological polar surface area (TPSA) is 50.4 Å². The van der Waals surface area contributed by atoms with E-state index in [-0.39, 0.29) is 6.03 Å². The van der Waals surface area contributed by atoms with E-state index in [0.29, 0.717) is 17.5 Å². The highest BCUT2D eigenvalue weighted by Crippen LogP contribution is 2.22. The maximum Gasteiger partial charge on any atom is 0.319 e. The highest BCUT2D eigenvalue weighted by Gasteiger charge is 2.16. The number of amides is 2. The molecule has 98 valence electrons. The fourth-order valence-electron chi connectivity index (χ4n) is 1.89. The molecule has 0 unspecified atom stereocenters. The van der Waals surface area contributed by atoms with Crippen molar-refractivity contribution in [2.75, 3.05) is 25.1 Å². The van der Waals surface area contributed by atoms with E-state index < -0.39 is 0 Å². The third kappa shape index (κ3) is 3.37. The second-order valence-corrected chi connectivity index (χ2v) is 4.88. The van der Waals surface area contributed by atoms with Gasteiger partial charge in [-0.15, -0.1) is 0 Å². The van der Waals surface area contributed by atoms with Crippen molar-refractivity contribution in [3.8, 4) is 0 Å². The summed E-state index contributed by atoms with van der Waals surface area (Å²) in [7, 11) is 0. The molecular weight excluding hydrogens is 252 g/mol. The molecule has 0 saturated carbocycles. The molecule has 1 atom stereocenters. The number of halogens is 1. The maximum absolute atomic E-state index is 11.7. The number of nitrogens with one attached hydrogen (secondary N) is 2. The van der Waals surface area contributed by atoms with Gasteiger partial charge in [0.1, 0.15) is 0 Å². The van der Waals surface area contributed by atoms with Crippen LogP contribution >= 0.6 is 11.6 Å². The summed E-state index contributed by atoms with van der Waals surface area (Å²) in [4.78, 5) is 11.7. The van der Waals surface area contributed by atoms with Crippen LogP contribution in [0.2, 0.25) is 5.02 Å². The molecule has 4 nitrogen and oxygen atoms in total. The Morgan fingerprint density at radius 3 is 3.11 bits per heavy atom. The summed E-state index contributed by atoms with van der Waals surface area (Å²) in [6.45, 7) is 4.05. The Labute approximate surface area is 112 Å². The molecule has 1 saturated heterocycles. The lowest BCUT2D eigenvalue weighted by Gasteiger charge is -2.12. The van der Waals surface area contributed by atoms with Crippen molar-refractivity contribution in [3.05, 3.63) is 28.8 Å². The van der Waals surface area contributed by atoms with E-state index in [0.717, 1.165) is 30.9 Å². The molecular formula is C13H17ClN2O2. The minimum Gasteiger partial charge on any atom is -0.381 e. The van der Waals surface area contributed by atoms with Crippen LogP contribution in [0, 0.1) is 12.8 Å². The van der Waals surface area contributed by atoms with Gasteiger partial charge in [-0.1, -0.05) is 17.7 Å². The van der Waals surface area contributed by atoms with E-state index in [1.54, 1.807) is 6.07 Å². The lowest BCUT2D eigenvalue weighted by Crippen LogP contribution is -2.33. The van der Waals surface area contributed by atoms with Crippen molar-refractivity contribution in [1.82, 2.24) is 5.32 Å². The van der Waals surface area contributed by atoms with E-state index >= 15 is 0 Å². The van der Waals surface area contributed by atoms with E-state index in [4.69, 9.17) is 16.3 Å². The molecule has 0 aromatic heterocycles. The molecule has 0 radical (unpaired) electrons. The van der Waals surface area contributed by atoms with Crippen LogP contribution < -0.4 is 10.6 Å². The second-order valence-electron chi connectivity index (χ2n) is 4.48.